The molecule has 6 nitrogen and oxygen atoms in total. The Hall–Kier alpha value is -3.60. The molecule has 8 heteroatoms. The third-order valence-corrected chi connectivity index (χ3v) is 5.66. The summed E-state index contributed by atoms with van der Waals surface area (Å²) in [4.78, 5) is 4.31. The molecule has 0 saturated carbocycles. The van der Waals surface area contributed by atoms with Gasteiger partial charge in [0.25, 0.3) is 0 Å². The first kappa shape index (κ1) is 19.7. The van der Waals surface area contributed by atoms with Crippen molar-refractivity contribution >= 4 is 44.5 Å². The van der Waals surface area contributed by atoms with Crippen LogP contribution < -0.4 is 4.18 Å². The van der Waals surface area contributed by atoms with Crippen LogP contribution in [-0.4, -0.2) is 13.4 Å². The fourth-order valence-corrected chi connectivity index (χ4v) is 3.75. The topological polar surface area (TPSA) is 93.2 Å². The molecule has 148 valence electrons. The van der Waals surface area contributed by atoms with Crippen molar-refractivity contribution in [2.75, 3.05) is 0 Å². The highest BCUT2D eigenvalue weighted by Gasteiger charge is 2.16. The zero-order valence-electron chi connectivity index (χ0n) is 15.3. The number of benzene rings is 3. The van der Waals surface area contributed by atoms with Crippen LogP contribution in [0.5, 0.6) is 5.75 Å². The lowest BCUT2D eigenvalue weighted by Gasteiger charge is -2.07. The number of fused-ring (bicyclic) bond motifs is 1. The molecule has 4 rings (SSSR count). The molecule has 4 aromatic rings. The maximum atomic E-state index is 12.4. The van der Waals surface area contributed by atoms with Gasteiger partial charge in [-0.15, -0.1) is 0 Å². The number of nitrogens with zero attached hydrogens (tertiary/aromatic N) is 2. The molecule has 0 spiro atoms. The molecule has 1 aromatic heterocycles. The minimum atomic E-state index is -3.98. The Bertz CT molecular complexity index is 1350. The van der Waals surface area contributed by atoms with E-state index in [1.165, 1.54) is 36.4 Å². The summed E-state index contributed by atoms with van der Waals surface area (Å²) in [5, 5.41) is 9.92. The Morgan fingerprint density at radius 2 is 1.73 bits per heavy atom. The summed E-state index contributed by atoms with van der Waals surface area (Å²) in [6, 6.07) is 21.2. The number of allylic oxidation sites excluding steroid dienone is 1. The highest BCUT2D eigenvalue weighted by Crippen LogP contribution is 2.24. The van der Waals surface area contributed by atoms with E-state index in [0.717, 1.165) is 0 Å². The van der Waals surface area contributed by atoms with E-state index in [-0.39, 0.29) is 22.1 Å². The summed E-state index contributed by atoms with van der Waals surface area (Å²) in [6.45, 7) is 0. The lowest BCUT2D eigenvalue weighted by atomic mass is 10.1. The number of halogens is 1. The molecule has 0 fully saturated rings. The number of oxazole rings is 1. The van der Waals surface area contributed by atoms with Gasteiger partial charge in [-0.05, 0) is 60.2 Å². The van der Waals surface area contributed by atoms with E-state index >= 15 is 0 Å². The molecule has 0 bridgehead atoms. The predicted octanol–water partition coefficient (Wildman–Crippen LogP) is 5.31. The van der Waals surface area contributed by atoms with Crippen LogP contribution in [0.1, 0.15) is 11.5 Å². The fourth-order valence-electron chi connectivity index (χ4n) is 2.69. The van der Waals surface area contributed by atoms with Crippen LogP contribution in [0.3, 0.4) is 0 Å². The van der Waals surface area contributed by atoms with Crippen LogP contribution in [0.15, 0.2) is 82.1 Å². The first-order valence-corrected chi connectivity index (χ1v) is 10.5. The number of nitriles is 1. The standard InChI is InChI=1S/C22H13ClN2O4S/c23-17-7-11-19(12-8-17)30(26,27)29-18-9-5-15(6-10-18)13-16(14-24)22-25-20-3-1-2-4-21(20)28-22/h1-13H/b16-13+. The Morgan fingerprint density at radius 3 is 2.40 bits per heavy atom. The lowest BCUT2D eigenvalue weighted by molar-refractivity contribution is 0.486. The van der Waals surface area contributed by atoms with Gasteiger partial charge in [-0.1, -0.05) is 35.9 Å². The molecule has 1 heterocycles. The number of rotatable bonds is 5. The first-order chi connectivity index (χ1) is 14.4. The Labute approximate surface area is 177 Å². The smallest absolute Gasteiger partial charge is 0.339 e. The first-order valence-electron chi connectivity index (χ1n) is 8.72. The quantitative estimate of drug-likeness (QED) is 0.310. The maximum absolute atomic E-state index is 12.4. The Balaban J connectivity index is 1.56. The minimum absolute atomic E-state index is 0.00130. The summed E-state index contributed by atoms with van der Waals surface area (Å²) in [5.74, 6) is 0.354. The molecule has 3 aromatic carbocycles. The van der Waals surface area contributed by atoms with E-state index in [0.29, 0.717) is 21.7 Å². The highest BCUT2D eigenvalue weighted by atomic mass is 35.5. The Kier molecular flexibility index (Phi) is 5.27. The minimum Gasteiger partial charge on any atom is -0.435 e. The number of hydrogen-bond acceptors (Lipinski definition) is 6. The molecule has 30 heavy (non-hydrogen) atoms. The van der Waals surface area contributed by atoms with Crippen molar-refractivity contribution in [2.24, 2.45) is 0 Å². The largest absolute Gasteiger partial charge is 0.435 e. The molecule has 0 aliphatic rings. The third kappa shape index (κ3) is 4.20. The van der Waals surface area contributed by atoms with Crippen LogP contribution in [0.2, 0.25) is 5.02 Å². The second kappa shape index (κ2) is 8.03. The SMILES string of the molecule is N#C/C(=C\c1ccc(OS(=O)(=O)c2ccc(Cl)cc2)cc1)c1nc2ccccc2o1. The van der Waals surface area contributed by atoms with Gasteiger partial charge in [0.15, 0.2) is 5.58 Å². The van der Waals surface area contributed by atoms with E-state index in [9.17, 15) is 13.7 Å². The number of hydrogen-bond donors (Lipinski definition) is 0. The van der Waals surface area contributed by atoms with Crippen molar-refractivity contribution in [3.05, 3.63) is 89.3 Å². The van der Waals surface area contributed by atoms with Crippen LogP contribution >= 0.6 is 11.6 Å². The predicted molar refractivity (Wildman–Crippen MR) is 113 cm³/mol. The van der Waals surface area contributed by atoms with Gasteiger partial charge in [0.1, 0.15) is 27.8 Å². The fraction of sp³-hybridized carbons (Fsp3) is 0. The van der Waals surface area contributed by atoms with Crippen LogP contribution in [0, 0.1) is 11.3 Å². The van der Waals surface area contributed by atoms with E-state index in [2.05, 4.69) is 11.1 Å². The zero-order chi connectivity index (χ0) is 21.1. The van der Waals surface area contributed by atoms with Gasteiger partial charge in [-0.3, -0.25) is 0 Å². The average molecular weight is 437 g/mol. The van der Waals surface area contributed by atoms with E-state index in [4.69, 9.17) is 20.2 Å². The maximum Gasteiger partial charge on any atom is 0.339 e. The summed E-state index contributed by atoms with van der Waals surface area (Å²) >= 11 is 5.78. The van der Waals surface area contributed by atoms with E-state index in [1.807, 2.05) is 12.1 Å². The molecule has 0 saturated heterocycles. The molecule has 0 N–H and O–H groups in total. The van der Waals surface area contributed by atoms with Crippen molar-refractivity contribution in [3.8, 4) is 11.8 Å². The lowest BCUT2D eigenvalue weighted by Crippen LogP contribution is -2.09. The van der Waals surface area contributed by atoms with Crippen molar-refractivity contribution in [2.45, 2.75) is 4.90 Å². The van der Waals surface area contributed by atoms with Crippen LogP contribution in [-0.2, 0) is 10.1 Å². The summed E-state index contributed by atoms with van der Waals surface area (Å²) < 4.78 is 35.5. The average Bonchev–Trinajstić information content (AvgIpc) is 3.17. The summed E-state index contributed by atoms with van der Waals surface area (Å²) in [5.41, 5.74) is 2.15. The highest BCUT2D eigenvalue weighted by molar-refractivity contribution is 7.87. The molecule has 0 aliphatic heterocycles. The van der Waals surface area contributed by atoms with Crippen molar-refractivity contribution < 1.29 is 17.0 Å². The van der Waals surface area contributed by atoms with Crippen LogP contribution in [0.4, 0.5) is 0 Å². The van der Waals surface area contributed by atoms with Gasteiger partial charge in [0.2, 0.25) is 5.89 Å². The molecular formula is C22H13ClN2O4S. The van der Waals surface area contributed by atoms with Gasteiger partial charge in [-0.25, -0.2) is 4.98 Å². The van der Waals surface area contributed by atoms with Crippen molar-refractivity contribution in [3.63, 3.8) is 0 Å². The molecule has 0 amide bonds. The van der Waals surface area contributed by atoms with Gasteiger partial charge < -0.3 is 8.60 Å². The van der Waals surface area contributed by atoms with Crippen LogP contribution in [0.25, 0.3) is 22.7 Å². The molecule has 0 unspecified atom stereocenters. The number of para-hydroxylation sites is 2. The van der Waals surface area contributed by atoms with Crippen molar-refractivity contribution in [1.29, 1.82) is 5.26 Å². The van der Waals surface area contributed by atoms with Crippen molar-refractivity contribution in [1.82, 2.24) is 4.98 Å². The van der Waals surface area contributed by atoms with E-state index < -0.39 is 10.1 Å². The Morgan fingerprint density at radius 1 is 1.03 bits per heavy atom. The van der Waals surface area contributed by atoms with Gasteiger partial charge in [0.05, 0.1) is 0 Å². The van der Waals surface area contributed by atoms with Gasteiger partial charge >= 0.3 is 10.1 Å². The monoisotopic (exact) mass is 436 g/mol. The molecular weight excluding hydrogens is 424 g/mol. The van der Waals surface area contributed by atoms with Gasteiger partial charge in [0, 0.05) is 5.02 Å². The number of aromatic nitrogens is 1. The summed E-state index contributed by atoms with van der Waals surface area (Å²) in [6.07, 6.45) is 1.60. The zero-order valence-corrected chi connectivity index (χ0v) is 16.9. The second-order valence-corrected chi connectivity index (χ2v) is 8.20. The summed E-state index contributed by atoms with van der Waals surface area (Å²) in [7, 11) is -3.98. The molecule has 0 atom stereocenters. The van der Waals surface area contributed by atoms with E-state index in [1.54, 1.807) is 30.3 Å². The second-order valence-electron chi connectivity index (χ2n) is 6.22. The van der Waals surface area contributed by atoms with Gasteiger partial charge in [-0.2, -0.15) is 13.7 Å². The normalized spacial score (nSPS) is 11.9. The third-order valence-electron chi connectivity index (χ3n) is 4.14. The molecule has 0 aliphatic carbocycles. The molecule has 0 radical (unpaired) electrons.